The van der Waals surface area contributed by atoms with Crippen LogP contribution in [-0.4, -0.2) is 15.9 Å². The summed E-state index contributed by atoms with van der Waals surface area (Å²) in [6, 6.07) is 20.4. The molecule has 0 aliphatic heterocycles. The van der Waals surface area contributed by atoms with E-state index in [1.807, 2.05) is 37.3 Å². The fraction of sp³-hybridized carbons (Fsp3) is 0.125. The third-order valence-corrected chi connectivity index (χ3v) is 4.55. The molecule has 0 bridgehead atoms. The number of aromatic nitrogens is 2. The summed E-state index contributed by atoms with van der Waals surface area (Å²) in [5, 5.41) is 4.94. The zero-order chi connectivity index (χ0) is 20.9. The number of rotatable bonds is 6. The van der Waals surface area contributed by atoms with E-state index in [0.717, 1.165) is 12.0 Å². The van der Waals surface area contributed by atoms with E-state index in [2.05, 4.69) is 10.1 Å². The molecular formula is C24H20FN3O2. The Bertz CT molecular complexity index is 1250. The SMILES string of the molecule is CCCc1nc2ccccc2c(=O)n1/N=C/c1ccc(Oc2ccc(F)cc2)cc1. The average molecular weight is 401 g/mol. The van der Waals surface area contributed by atoms with Gasteiger partial charge in [0, 0.05) is 6.42 Å². The Labute approximate surface area is 173 Å². The van der Waals surface area contributed by atoms with E-state index < -0.39 is 0 Å². The minimum absolute atomic E-state index is 0.184. The number of fused-ring (bicyclic) bond motifs is 1. The fourth-order valence-electron chi connectivity index (χ4n) is 3.06. The zero-order valence-electron chi connectivity index (χ0n) is 16.5. The van der Waals surface area contributed by atoms with Gasteiger partial charge in [0.25, 0.3) is 5.56 Å². The number of nitrogens with zero attached hydrogens (tertiary/aromatic N) is 3. The van der Waals surface area contributed by atoms with Gasteiger partial charge in [-0.05, 0) is 72.6 Å². The van der Waals surface area contributed by atoms with Crippen LogP contribution < -0.4 is 10.3 Å². The predicted molar refractivity (Wildman–Crippen MR) is 116 cm³/mol. The molecule has 0 N–H and O–H groups in total. The van der Waals surface area contributed by atoms with E-state index in [9.17, 15) is 9.18 Å². The van der Waals surface area contributed by atoms with Gasteiger partial charge in [-0.15, -0.1) is 0 Å². The van der Waals surface area contributed by atoms with E-state index >= 15 is 0 Å². The Balaban J connectivity index is 1.59. The molecule has 1 aromatic heterocycles. The normalized spacial score (nSPS) is 11.3. The molecule has 0 atom stereocenters. The highest BCUT2D eigenvalue weighted by molar-refractivity contribution is 5.80. The van der Waals surface area contributed by atoms with E-state index in [1.165, 1.54) is 16.8 Å². The van der Waals surface area contributed by atoms with Crippen molar-refractivity contribution in [3.63, 3.8) is 0 Å². The minimum Gasteiger partial charge on any atom is -0.457 e. The molecule has 4 rings (SSSR count). The third-order valence-electron chi connectivity index (χ3n) is 4.55. The fourth-order valence-corrected chi connectivity index (χ4v) is 3.06. The molecule has 0 saturated carbocycles. The Kier molecular flexibility index (Phi) is 5.66. The van der Waals surface area contributed by atoms with Crippen LogP contribution in [0, 0.1) is 5.82 Å². The van der Waals surface area contributed by atoms with Gasteiger partial charge < -0.3 is 4.74 Å². The van der Waals surface area contributed by atoms with Crippen LogP contribution >= 0.6 is 0 Å². The number of ether oxygens (including phenoxy) is 1. The largest absolute Gasteiger partial charge is 0.457 e. The van der Waals surface area contributed by atoms with Crippen LogP contribution in [0.1, 0.15) is 24.7 Å². The van der Waals surface area contributed by atoms with Gasteiger partial charge in [-0.2, -0.15) is 9.78 Å². The van der Waals surface area contributed by atoms with Crippen molar-refractivity contribution in [3.05, 3.63) is 100 Å². The molecule has 0 spiro atoms. The molecule has 0 aliphatic rings. The minimum atomic E-state index is -0.310. The summed E-state index contributed by atoms with van der Waals surface area (Å²) in [5.41, 5.74) is 1.31. The molecule has 3 aromatic carbocycles. The van der Waals surface area contributed by atoms with Crippen LogP contribution in [0.2, 0.25) is 0 Å². The first kappa shape index (κ1) is 19.5. The van der Waals surface area contributed by atoms with Crippen LogP contribution in [-0.2, 0) is 6.42 Å². The lowest BCUT2D eigenvalue weighted by molar-refractivity contribution is 0.480. The van der Waals surface area contributed by atoms with Crippen molar-refractivity contribution < 1.29 is 9.13 Å². The van der Waals surface area contributed by atoms with Gasteiger partial charge in [0.2, 0.25) is 0 Å². The summed E-state index contributed by atoms with van der Waals surface area (Å²) < 4.78 is 20.1. The first-order valence-electron chi connectivity index (χ1n) is 9.72. The van der Waals surface area contributed by atoms with Crippen LogP contribution in [0.5, 0.6) is 11.5 Å². The van der Waals surface area contributed by atoms with Crippen molar-refractivity contribution in [2.75, 3.05) is 0 Å². The lowest BCUT2D eigenvalue weighted by atomic mass is 10.2. The third kappa shape index (κ3) is 4.27. The highest BCUT2D eigenvalue weighted by Gasteiger charge is 2.09. The quantitative estimate of drug-likeness (QED) is 0.419. The van der Waals surface area contributed by atoms with E-state index in [4.69, 9.17) is 4.74 Å². The Hall–Kier alpha value is -3.80. The molecular weight excluding hydrogens is 381 g/mol. The van der Waals surface area contributed by atoms with Crippen molar-refractivity contribution >= 4 is 17.1 Å². The molecule has 0 fully saturated rings. The maximum atomic E-state index is 13.0. The van der Waals surface area contributed by atoms with Gasteiger partial charge in [-0.3, -0.25) is 4.79 Å². The van der Waals surface area contributed by atoms with Gasteiger partial charge in [0.05, 0.1) is 17.1 Å². The van der Waals surface area contributed by atoms with Crippen molar-refractivity contribution in [1.82, 2.24) is 9.66 Å². The number of para-hydroxylation sites is 1. The number of hydrogen-bond acceptors (Lipinski definition) is 4. The summed E-state index contributed by atoms with van der Waals surface area (Å²) >= 11 is 0. The number of benzene rings is 3. The monoisotopic (exact) mass is 401 g/mol. The second-order valence-corrected chi connectivity index (χ2v) is 6.78. The van der Waals surface area contributed by atoms with Crippen LogP contribution in [0.25, 0.3) is 10.9 Å². The molecule has 0 radical (unpaired) electrons. The molecule has 6 heteroatoms. The summed E-state index contributed by atoms with van der Waals surface area (Å²) in [6.07, 6.45) is 3.14. The lowest BCUT2D eigenvalue weighted by Gasteiger charge is -2.08. The van der Waals surface area contributed by atoms with Crippen molar-refractivity contribution in [2.45, 2.75) is 19.8 Å². The second kappa shape index (κ2) is 8.69. The van der Waals surface area contributed by atoms with Crippen LogP contribution in [0.4, 0.5) is 4.39 Å². The molecule has 1 heterocycles. The first-order valence-corrected chi connectivity index (χ1v) is 9.72. The molecule has 4 aromatic rings. The Morgan fingerprint density at radius 1 is 1.00 bits per heavy atom. The molecule has 0 saturated heterocycles. The highest BCUT2D eigenvalue weighted by atomic mass is 19.1. The maximum absolute atomic E-state index is 13.0. The van der Waals surface area contributed by atoms with Crippen LogP contribution in [0.15, 0.2) is 82.7 Å². The van der Waals surface area contributed by atoms with Crippen molar-refractivity contribution in [1.29, 1.82) is 0 Å². The Morgan fingerprint density at radius 2 is 1.67 bits per heavy atom. The first-order chi connectivity index (χ1) is 14.6. The summed E-state index contributed by atoms with van der Waals surface area (Å²) in [4.78, 5) is 17.5. The number of hydrogen-bond donors (Lipinski definition) is 0. The van der Waals surface area contributed by atoms with Gasteiger partial charge in [0.15, 0.2) is 0 Å². The summed E-state index contributed by atoms with van der Waals surface area (Å²) in [5.74, 6) is 1.49. The van der Waals surface area contributed by atoms with Crippen molar-refractivity contribution in [3.8, 4) is 11.5 Å². The lowest BCUT2D eigenvalue weighted by Crippen LogP contribution is -2.22. The molecule has 0 amide bonds. The van der Waals surface area contributed by atoms with E-state index in [0.29, 0.717) is 34.6 Å². The van der Waals surface area contributed by atoms with Gasteiger partial charge in [-0.25, -0.2) is 9.37 Å². The molecule has 5 nitrogen and oxygen atoms in total. The van der Waals surface area contributed by atoms with Crippen molar-refractivity contribution in [2.24, 2.45) is 5.10 Å². The summed E-state index contributed by atoms with van der Waals surface area (Å²) in [6.45, 7) is 2.04. The molecule has 150 valence electrons. The topological polar surface area (TPSA) is 56.5 Å². The average Bonchev–Trinajstić information content (AvgIpc) is 2.76. The highest BCUT2D eigenvalue weighted by Crippen LogP contribution is 2.21. The molecule has 30 heavy (non-hydrogen) atoms. The zero-order valence-corrected chi connectivity index (χ0v) is 16.5. The summed E-state index contributed by atoms with van der Waals surface area (Å²) in [7, 11) is 0. The van der Waals surface area contributed by atoms with E-state index in [-0.39, 0.29) is 11.4 Å². The van der Waals surface area contributed by atoms with Gasteiger partial charge in [-0.1, -0.05) is 19.1 Å². The number of aryl methyl sites for hydroxylation is 1. The predicted octanol–water partition coefficient (Wildman–Crippen LogP) is 5.16. The van der Waals surface area contributed by atoms with Gasteiger partial charge >= 0.3 is 0 Å². The Morgan fingerprint density at radius 3 is 2.37 bits per heavy atom. The van der Waals surface area contributed by atoms with Gasteiger partial charge in [0.1, 0.15) is 23.1 Å². The molecule has 0 aliphatic carbocycles. The molecule has 0 unspecified atom stereocenters. The van der Waals surface area contributed by atoms with Crippen LogP contribution in [0.3, 0.4) is 0 Å². The number of halogens is 1. The maximum Gasteiger partial charge on any atom is 0.282 e. The smallest absolute Gasteiger partial charge is 0.282 e. The standard InChI is InChI=1S/C24H20FN3O2/c1-2-5-23-27-22-7-4-3-6-21(22)24(29)28(23)26-16-17-8-12-19(13-9-17)30-20-14-10-18(25)11-15-20/h3-4,6-16H,2,5H2,1H3/b26-16+. The second-order valence-electron chi connectivity index (χ2n) is 6.78. The van der Waals surface area contributed by atoms with E-state index in [1.54, 1.807) is 36.5 Å².